The summed E-state index contributed by atoms with van der Waals surface area (Å²) in [6.07, 6.45) is -0.0988. The molecule has 41 heavy (non-hydrogen) atoms. The van der Waals surface area contributed by atoms with Crippen LogP contribution in [0.25, 0.3) is 0 Å². The highest BCUT2D eigenvalue weighted by atomic mass is 16.4. The lowest BCUT2D eigenvalue weighted by Crippen LogP contribution is -2.61. The van der Waals surface area contributed by atoms with Crippen molar-refractivity contribution in [3.63, 3.8) is 0 Å². The van der Waals surface area contributed by atoms with Gasteiger partial charge in [-0.05, 0) is 52.0 Å². The van der Waals surface area contributed by atoms with E-state index in [9.17, 15) is 44.1 Å². The number of nitrogens with two attached hydrogens (primary N) is 2. The second kappa shape index (κ2) is 15.7. The van der Waals surface area contributed by atoms with Gasteiger partial charge in [-0.15, -0.1) is 0 Å². The smallest absolute Gasteiger partial charge is 0.326 e. The van der Waals surface area contributed by atoms with Crippen LogP contribution in [-0.4, -0.2) is 118 Å². The molecule has 17 nitrogen and oxygen atoms in total. The van der Waals surface area contributed by atoms with Gasteiger partial charge in [0, 0.05) is 13.1 Å². The van der Waals surface area contributed by atoms with Gasteiger partial charge in [-0.3, -0.25) is 29.0 Å². The highest BCUT2D eigenvalue weighted by molar-refractivity contribution is 5.97. The van der Waals surface area contributed by atoms with E-state index in [1.165, 1.54) is 6.92 Å². The van der Waals surface area contributed by atoms with Gasteiger partial charge in [0.05, 0.1) is 18.6 Å². The third-order valence-electron chi connectivity index (χ3n) is 6.83. The lowest BCUT2D eigenvalue weighted by molar-refractivity contribution is -0.149. The van der Waals surface area contributed by atoms with Crippen LogP contribution in [0.3, 0.4) is 0 Å². The van der Waals surface area contributed by atoms with E-state index >= 15 is 0 Å². The molecule has 0 aromatic heterocycles. The number of carboxylic acid groups (broad SMARTS) is 2. The number of carbonyl (C=O) groups excluding carboxylic acids is 4. The van der Waals surface area contributed by atoms with Crippen molar-refractivity contribution in [2.24, 2.45) is 16.5 Å². The maximum Gasteiger partial charge on any atom is 0.326 e. The van der Waals surface area contributed by atoms with E-state index in [1.54, 1.807) is 0 Å². The highest BCUT2D eigenvalue weighted by Gasteiger charge is 2.39. The molecule has 0 aromatic rings. The predicted molar refractivity (Wildman–Crippen MR) is 143 cm³/mol. The molecule has 2 rings (SSSR count). The Hall–Kier alpha value is -3.99. The van der Waals surface area contributed by atoms with Gasteiger partial charge in [-0.25, -0.2) is 4.79 Å². The van der Waals surface area contributed by atoms with Gasteiger partial charge in [0.15, 0.2) is 5.96 Å². The molecule has 0 bridgehead atoms. The van der Waals surface area contributed by atoms with E-state index in [0.29, 0.717) is 19.4 Å². The third-order valence-corrected chi connectivity index (χ3v) is 6.83. The van der Waals surface area contributed by atoms with E-state index < -0.39 is 78.3 Å². The average molecular weight is 585 g/mol. The van der Waals surface area contributed by atoms with E-state index in [4.69, 9.17) is 11.5 Å². The number of rotatable bonds is 15. The number of hydrogen-bond donors (Lipinski definition) is 9. The number of aliphatic carboxylic acids is 2. The predicted octanol–water partition coefficient (Wildman–Crippen LogP) is -3.82. The second-order valence-corrected chi connectivity index (χ2v) is 10.1. The van der Waals surface area contributed by atoms with Gasteiger partial charge in [-0.1, -0.05) is 0 Å². The highest BCUT2D eigenvalue weighted by Crippen LogP contribution is 2.20. The number of carboxylic acids is 2. The molecule has 2 fully saturated rings. The molecule has 2 aliphatic rings. The minimum atomic E-state index is -1.64. The van der Waals surface area contributed by atoms with Crippen LogP contribution in [0.4, 0.5) is 0 Å². The Morgan fingerprint density at radius 1 is 1.00 bits per heavy atom. The lowest BCUT2D eigenvalue weighted by atomic mass is 10.1. The summed E-state index contributed by atoms with van der Waals surface area (Å²) in [6.45, 7) is 2.08. The van der Waals surface area contributed by atoms with Crippen molar-refractivity contribution in [2.45, 2.75) is 88.2 Å². The topological polar surface area (TPSA) is 279 Å². The molecule has 2 saturated heterocycles. The van der Waals surface area contributed by atoms with Crippen molar-refractivity contribution in [1.82, 2.24) is 26.2 Å². The maximum absolute atomic E-state index is 13.3. The molecular formula is C24H40N8O9. The minimum Gasteiger partial charge on any atom is -0.481 e. The number of aliphatic hydroxyl groups is 1. The van der Waals surface area contributed by atoms with Gasteiger partial charge >= 0.3 is 11.9 Å². The van der Waals surface area contributed by atoms with Crippen molar-refractivity contribution < 1.29 is 44.1 Å². The summed E-state index contributed by atoms with van der Waals surface area (Å²) in [6, 6.07) is -6.09. The zero-order valence-electron chi connectivity index (χ0n) is 22.9. The minimum absolute atomic E-state index is 0.0107. The first-order valence-electron chi connectivity index (χ1n) is 13.4. The molecule has 0 radical (unpaired) electrons. The zero-order chi connectivity index (χ0) is 30.7. The van der Waals surface area contributed by atoms with E-state index in [2.05, 4.69) is 26.3 Å². The SMILES string of the molecule is C[C@@H](O)[C@H](NC(=O)[C@H](CC(=O)O)NC(=O)[C@@H]1CCCN1)C(=O)N[C@@H](CCCN=C(N)N)C(=O)N1CCC[C@H]1C(=O)O. The van der Waals surface area contributed by atoms with Crippen LogP contribution in [0.5, 0.6) is 0 Å². The van der Waals surface area contributed by atoms with Gasteiger partial charge in [-0.2, -0.15) is 0 Å². The number of nitrogens with one attached hydrogen (secondary N) is 4. The summed E-state index contributed by atoms with van der Waals surface area (Å²) in [7, 11) is 0. The zero-order valence-corrected chi connectivity index (χ0v) is 22.9. The monoisotopic (exact) mass is 584 g/mol. The Bertz CT molecular complexity index is 1010. The number of amides is 4. The Morgan fingerprint density at radius 3 is 2.27 bits per heavy atom. The van der Waals surface area contributed by atoms with E-state index in [0.717, 1.165) is 11.3 Å². The largest absolute Gasteiger partial charge is 0.481 e. The van der Waals surface area contributed by atoms with Crippen LogP contribution in [0.15, 0.2) is 4.99 Å². The van der Waals surface area contributed by atoms with Gasteiger partial charge in [0.25, 0.3) is 0 Å². The second-order valence-electron chi connectivity index (χ2n) is 10.1. The van der Waals surface area contributed by atoms with Crippen molar-refractivity contribution in [3.8, 4) is 0 Å². The Labute approximate surface area is 236 Å². The molecule has 17 heteroatoms. The van der Waals surface area contributed by atoms with Gasteiger partial charge in [0.2, 0.25) is 23.6 Å². The third kappa shape index (κ3) is 10.2. The number of carbonyl (C=O) groups is 6. The van der Waals surface area contributed by atoms with Crippen molar-refractivity contribution in [3.05, 3.63) is 0 Å². The first-order chi connectivity index (χ1) is 19.3. The number of guanidine groups is 1. The molecular weight excluding hydrogens is 544 g/mol. The Balaban J connectivity index is 2.18. The molecule has 230 valence electrons. The Kier molecular flexibility index (Phi) is 12.7. The summed E-state index contributed by atoms with van der Waals surface area (Å²) in [4.78, 5) is 80.0. The molecule has 0 aliphatic carbocycles. The number of hydrogen-bond acceptors (Lipinski definition) is 9. The van der Waals surface area contributed by atoms with E-state index in [1.807, 2.05) is 0 Å². The number of nitrogens with zero attached hydrogens (tertiary/aromatic N) is 2. The van der Waals surface area contributed by atoms with Crippen molar-refractivity contribution in [1.29, 1.82) is 0 Å². The van der Waals surface area contributed by atoms with Crippen LogP contribution in [0.1, 0.15) is 51.9 Å². The molecule has 2 heterocycles. The van der Waals surface area contributed by atoms with Crippen LogP contribution in [0.2, 0.25) is 0 Å². The molecule has 0 aromatic carbocycles. The van der Waals surface area contributed by atoms with Gasteiger partial charge in [0.1, 0.15) is 24.2 Å². The summed E-state index contributed by atoms with van der Waals surface area (Å²) in [5.74, 6) is -5.98. The van der Waals surface area contributed by atoms with Crippen LogP contribution in [0, 0.1) is 0 Å². The van der Waals surface area contributed by atoms with Crippen LogP contribution >= 0.6 is 0 Å². The normalized spacial score (nSPS) is 21.2. The fraction of sp³-hybridized carbons (Fsp3) is 0.708. The molecule has 0 unspecified atom stereocenters. The summed E-state index contributed by atoms with van der Waals surface area (Å²) < 4.78 is 0. The fourth-order valence-electron chi connectivity index (χ4n) is 4.73. The molecule has 0 saturated carbocycles. The van der Waals surface area contributed by atoms with Crippen molar-refractivity contribution >= 4 is 41.5 Å². The fourth-order valence-corrected chi connectivity index (χ4v) is 4.73. The molecule has 11 N–H and O–H groups in total. The molecule has 2 aliphatic heterocycles. The number of aliphatic imine (C=N–C) groups is 1. The Morgan fingerprint density at radius 2 is 1.71 bits per heavy atom. The first kappa shape index (κ1) is 33.2. The van der Waals surface area contributed by atoms with E-state index in [-0.39, 0.29) is 38.3 Å². The number of aliphatic hydroxyl groups excluding tert-OH is 1. The van der Waals surface area contributed by atoms with Gasteiger partial charge < -0.3 is 53.0 Å². The summed E-state index contributed by atoms with van der Waals surface area (Å²) in [5, 5.41) is 39.1. The quantitative estimate of drug-likeness (QED) is 0.0509. The standard InChI is InChI=1S/C24H40N8O9/c1-12(33)18(31-20(37)15(11-17(34)35)30-19(36)13-5-2-8-27-13)21(38)29-14(6-3-9-28-24(25)26)22(39)32-10-4-7-16(32)23(40)41/h12-16,18,27,33H,2-11H2,1H3,(H,29,38)(H,30,36)(H,31,37)(H,34,35)(H,40,41)(H4,25,26,28)/t12-,13+,14+,15+,16+,18+/m1/s1. The average Bonchev–Trinajstić information content (AvgIpc) is 3.60. The van der Waals surface area contributed by atoms with Crippen LogP contribution in [-0.2, 0) is 28.8 Å². The lowest BCUT2D eigenvalue weighted by Gasteiger charge is -2.30. The summed E-state index contributed by atoms with van der Waals surface area (Å²) in [5.41, 5.74) is 10.6. The van der Waals surface area contributed by atoms with Crippen molar-refractivity contribution in [2.75, 3.05) is 19.6 Å². The first-order valence-corrected chi connectivity index (χ1v) is 13.4. The van der Waals surface area contributed by atoms with Crippen LogP contribution < -0.4 is 32.7 Å². The maximum atomic E-state index is 13.3. The number of likely N-dealkylation sites (tertiary alicyclic amines) is 1. The molecule has 0 spiro atoms. The molecule has 4 amide bonds. The molecule has 6 atom stereocenters. The summed E-state index contributed by atoms with van der Waals surface area (Å²) >= 11 is 0.